The number of aliphatic hydroxyl groups is 1. The molecule has 2 rings (SSSR count). The highest BCUT2D eigenvalue weighted by atomic mass is 16.3. The Hall–Kier alpha value is -0.570. The van der Waals surface area contributed by atoms with Gasteiger partial charge in [0.2, 0.25) is 5.91 Å². The van der Waals surface area contributed by atoms with Crippen LogP contribution in [0.2, 0.25) is 0 Å². The summed E-state index contributed by atoms with van der Waals surface area (Å²) < 4.78 is 0. The molecule has 3 nitrogen and oxygen atoms in total. The molecule has 0 unspecified atom stereocenters. The number of amides is 1. The van der Waals surface area contributed by atoms with Gasteiger partial charge >= 0.3 is 0 Å². The zero-order chi connectivity index (χ0) is 7.84. The first kappa shape index (κ1) is 7.10. The molecule has 0 aromatic rings. The number of nitrogens with zero attached hydrogens (tertiary/aromatic N) is 1. The molecule has 0 spiro atoms. The fraction of sp³-hybridized carbons (Fsp3) is 0.875. The number of rotatable bonds is 0. The van der Waals surface area contributed by atoms with E-state index in [4.69, 9.17) is 0 Å². The smallest absolute Gasteiger partial charge is 0.225 e. The van der Waals surface area contributed by atoms with E-state index in [1.165, 1.54) is 0 Å². The third kappa shape index (κ3) is 1.13. The third-order valence-corrected chi connectivity index (χ3v) is 2.65. The summed E-state index contributed by atoms with van der Waals surface area (Å²) in [5.41, 5.74) is 0. The van der Waals surface area contributed by atoms with Gasteiger partial charge < -0.3 is 10.0 Å². The maximum Gasteiger partial charge on any atom is 0.225 e. The highest BCUT2D eigenvalue weighted by Crippen LogP contribution is 2.27. The Kier molecular flexibility index (Phi) is 1.60. The Morgan fingerprint density at radius 1 is 1.55 bits per heavy atom. The molecular weight excluding hydrogens is 142 g/mol. The number of carbonyl (C=O) groups is 1. The van der Waals surface area contributed by atoms with E-state index in [0.29, 0.717) is 12.5 Å². The van der Waals surface area contributed by atoms with Crippen LogP contribution in [0.3, 0.4) is 0 Å². The lowest BCUT2D eigenvalue weighted by molar-refractivity contribution is -0.138. The number of piperidine rings is 1. The van der Waals surface area contributed by atoms with Crippen LogP contribution in [0.15, 0.2) is 0 Å². The quantitative estimate of drug-likeness (QED) is 0.540. The maximum absolute atomic E-state index is 11.3. The van der Waals surface area contributed by atoms with Crippen LogP contribution >= 0.6 is 0 Å². The Morgan fingerprint density at radius 2 is 2.36 bits per heavy atom. The van der Waals surface area contributed by atoms with E-state index in [9.17, 15) is 9.90 Å². The zero-order valence-corrected chi connectivity index (χ0v) is 6.49. The Balaban J connectivity index is 2.10. The summed E-state index contributed by atoms with van der Waals surface area (Å²) in [4.78, 5) is 13.2. The molecule has 0 aromatic heterocycles. The van der Waals surface area contributed by atoms with Crippen molar-refractivity contribution in [3.63, 3.8) is 0 Å². The lowest BCUT2D eigenvalue weighted by atomic mass is 10.00. The second kappa shape index (κ2) is 2.48. The molecule has 2 heterocycles. The van der Waals surface area contributed by atoms with Crippen molar-refractivity contribution in [3.05, 3.63) is 0 Å². The number of hydrogen-bond donors (Lipinski definition) is 1. The van der Waals surface area contributed by atoms with Crippen LogP contribution in [0.4, 0.5) is 0 Å². The summed E-state index contributed by atoms with van der Waals surface area (Å²) in [6.45, 7) is 0.913. The van der Waals surface area contributed by atoms with Crippen LogP contribution < -0.4 is 0 Å². The van der Waals surface area contributed by atoms with Crippen molar-refractivity contribution >= 4 is 5.91 Å². The molecule has 62 valence electrons. The van der Waals surface area contributed by atoms with Crippen LogP contribution in [-0.4, -0.2) is 34.6 Å². The molecule has 0 radical (unpaired) electrons. The van der Waals surface area contributed by atoms with Gasteiger partial charge in [-0.15, -0.1) is 0 Å². The minimum Gasteiger partial charge on any atom is -0.393 e. The lowest BCUT2D eigenvalue weighted by Crippen LogP contribution is -2.44. The van der Waals surface area contributed by atoms with Crippen LogP contribution in [0.5, 0.6) is 0 Å². The molecule has 2 aliphatic rings. The van der Waals surface area contributed by atoms with Gasteiger partial charge in [0.05, 0.1) is 12.5 Å². The van der Waals surface area contributed by atoms with Gasteiger partial charge in [0.25, 0.3) is 0 Å². The molecule has 2 fully saturated rings. The van der Waals surface area contributed by atoms with Crippen molar-refractivity contribution in [2.24, 2.45) is 0 Å². The van der Waals surface area contributed by atoms with E-state index in [0.717, 1.165) is 25.8 Å². The second-order valence-electron chi connectivity index (χ2n) is 3.48. The van der Waals surface area contributed by atoms with Crippen LogP contribution in [0, 0.1) is 0 Å². The van der Waals surface area contributed by atoms with Gasteiger partial charge in [-0.3, -0.25) is 4.79 Å². The van der Waals surface area contributed by atoms with E-state index >= 15 is 0 Å². The van der Waals surface area contributed by atoms with Crippen molar-refractivity contribution < 1.29 is 9.90 Å². The normalized spacial score (nSPS) is 37.5. The molecule has 0 bridgehead atoms. The van der Waals surface area contributed by atoms with Gasteiger partial charge in [-0.25, -0.2) is 0 Å². The topological polar surface area (TPSA) is 40.5 Å². The van der Waals surface area contributed by atoms with Gasteiger partial charge in [0.1, 0.15) is 0 Å². The molecule has 0 aromatic carbocycles. The minimum atomic E-state index is -0.373. The molecule has 11 heavy (non-hydrogen) atoms. The van der Waals surface area contributed by atoms with Crippen LogP contribution in [0.25, 0.3) is 0 Å². The SMILES string of the molecule is O=C1C[C@@H](O)C[C@H]2CCCN12. The monoisotopic (exact) mass is 155 g/mol. The molecule has 0 aliphatic carbocycles. The van der Waals surface area contributed by atoms with Crippen molar-refractivity contribution in [1.29, 1.82) is 0 Å². The second-order valence-corrected chi connectivity index (χ2v) is 3.48. The number of hydrogen-bond acceptors (Lipinski definition) is 2. The Morgan fingerprint density at radius 3 is 3.18 bits per heavy atom. The number of fused-ring (bicyclic) bond motifs is 1. The predicted octanol–water partition coefficient (Wildman–Crippen LogP) is 0.132. The van der Waals surface area contributed by atoms with E-state index in [2.05, 4.69) is 0 Å². The van der Waals surface area contributed by atoms with E-state index in [1.54, 1.807) is 0 Å². The van der Waals surface area contributed by atoms with Gasteiger partial charge in [0.15, 0.2) is 0 Å². The minimum absolute atomic E-state index is 0.145. The van der Waals surface area contributed by atoms with Crippen molar-refractivity contribution in [3.8, 4) is 0 Å². The summed E-state index contributed by atoms with van der Waals surface area (Å²) in [7, 11) is 0. The fourth-order valence-corrected chi connectivity index (χ4v) is 2.13. The first-order chi connectivity index (χ1) is 5.27. The number of carbonyl (C=O) groups excluding carboxylic acids is 1. The summed E-state index contributed by atoms with van der Waals surface area (Å²) in [6, 6.07) is 0.353. The molecule has 3 heteroatoms. The Bertz CT molecular complexity index is 181. The summed E-state index contributed by atoms with van der Waals surface area (Å²) in [6.07, 6.45) is 2.97. The van der Waals surface area contributed by atoms with Crippen molar-refractivity contribution in [1.82, 2.24) is 4.90 Å². The van der Waals surface area contributed by atoms with Gasteiger partial charge in [-0.1, -0.05) is 0 Å². The van der Waals surface area contributed by atoms with E-state index in [1.807, 2.05) is 4.90 Å². The molecule has 1 amide bonds. The largest absolute Gasteiger partial charge is 0.393 e. The highest BCUT2D eigenvalue weighted by molar-refractivity contribution is 5.78. The van der Waals surface area contributed by atoms with Crippen molar-refractivity contribution in [2.45, 2.75) is 37.8 Å². The van der Waals surface area contributed by atoms with Gasteiger partial charge in [0, 0.05) is 12.6 Å². The van der Waals surface area contributed by atoms with Crippen molar-refractivity contribution in [2.75, 3.05) is 6.54 Å². The molecule has 1 N–H and O–H groups in total. The maximum atomic E-state index is 11.3. The van der Waals surface area contributed by atoms with Crippen LogP contribution in [0.1, 0.15) is 25.7 Å². The van der Waals surface area contributed by atoms with Crippen LogP contribution in [-0.2, 0) is 4.79 Å². The first-order valence-electron chi connectivity index (χ1n) is 4.25. The third-order valence-electron chi connectivity index (χ3n) is 2.65. The summed E-state index contributed by atoms with van der Waals surface area (Å²) in [5.74, 6) is 0.145. The molecule has 2 atom stereocenters. The summed E-state index contributed by atoms with van der Waals surface area (Å²) in [5, 5.41) is 9.28. The predicted molar refractivity (Wildman–Crippen MR) is 40.0 cm³/mol. The summed E-state index contributed by atoms with van der Waals surface area (Å²) >= 11 is 0. The zero-order valence-electron chi connectivity index (χ0n) is 6.49. The average Bonchev–Trinajstić information content (AvgIpc) is 2.34. The molecule has 2 saturated heterocycles. The number of aliphatic hydroxyl groups excluding tert-OH is 1. The Labute approximate surface area is 66.0 Å². The van der Waals surface area contributed by atoms with E-state index < -0.39 is 0 Å². The van der Waals surface area contributed by atoms with E-state index in [-0.39, 0.29) is 12.0 Å². The standard InChI is InChI=1S/C8H13NO2/c10-7-4-6-2-1-3-9(6)8(11)5-7/h6-7,10H,1-5H2/t6-,7+/m1/s1. The average molecular weight is 155 g/mol. The fourth-order valence-electron chi connectivity index (χ4n) is 2.13. The first-order valence-corrected chi connectivity index (χ1v) is 4.25. The van der Waals surface area contributed by atoms with Gasteiger partial charge in [-0.05, 0) is 19.3 Å². The highest BCUT2D eigenvalue weighted by Gasteiger charge is 2.35. The lowest BCUT2D eigenvalue weighted by Gasteiger charge is -2.32. The van der Waals surface area contributed by atoms with Gasteiger partial charge in [-0.2, -0.15) is 0 Å². The molecule has 0 saturated carbocycles. The molecule has 2 aliphatic heterocycles. The molecular formula is C8H13NO2.